The maximum atomic E-state index is 13.6. The van der Waals surface area contributed by atoms with Crippen molar-refractivity contribution in [2.75, 3.05) is 13.1 Å². The number of halogens is 1. The minimum Gasteiger partial charge on any atom is -0.401 e. The molecule has 0 radical (unpaired) electrons. The highest BCUT2D eigenvalue weighted by molar-refractivity contribution is 8.18. The van der Waals surface area contributed by atoms with Crippen molar-refractivity contribution in [3.8, 4) is 5.75 Å². The van der Waals surface area contributed by atoms with Crippen LogP contribution in [-0.2, 0) is 18.6 Å². The highest BCUT2D eigenvalue weighted by atomic mass is 32.2. The maximum Gasteiger partial charge on any atom is 0.563 e. The van der Waals surface area contributed by atoms with Crippen LogP contribution in [0.2, 0.25) is 0 Å². The Hall–Kier alpha value is -1.79. The van der Waals surface area contributed by atoms with E-state index in [4.69, 9.17) is 16.3 Å². The molecule has 0 atom stereocenters. The van der Waals surface area contributed by atoms with Crippen LogP contribution in [0.1, 0.15) is 18.4 Å². The number of nitrogens with zero attached hydrogens (tertiary/aromatic N) is 2. The fourth-order valence-corrected chi connectivity index (χ4v) is 3.85. The van der Waals surface area contributed by atoms with E-state index in [-0.39, 0.29) is 16.2 Å². The van der Waals surface area contributed by atoms with Gasteiger partial charge in [-0.3, -0.25) is 9.80 Å². The van der Waals surface area contributed by atoms with Gasteiger partial charge in [0, 0.05) is 24.7 Å². The third-order valence-electron chi connectivity index (χ3n) is 3.68. The number of carbonyl (C=O) groups is 1. The molecule has 2 heterocycles. The zero-order valence-corrected chi connectivity index (χ0v) is 15.7. The Morgan fingerprint density at radius 1 is 1.33 bits per heavy atom. The number of phosphoric acid groups is 1. The minimum atomic E-state index is -4.32. The first kappa shape index (κ1) is 20.0. The molecule has 1 saturated heterocycles. The zero-order valence-electron chi connectivity index (χ0n) is 14.0. The number of nitrogens with two attached hydrogens (primary N) is 2. The monoisotopic (exact) mass is 417 g/mol. The predicted octanol–water partition coefficient (Wildman–Crippen LogP) is 1.66. The second-order valence-electron chi connectivity index (χ2n) is 5.51. The number of rotatable bonds is 5. The number of carbonyl (C=O) groups excluding carboxylic acids is 1. The Labute approximate surface area is 158 Å². The number of aliphatic imine (C=N–C) groups is 1. The van der Waals surface area contributed by atoms with Crippen LogP contribution in [0.4, 0.5) is 4.39 Å². The molecule has 2 aliphatic heterocycles. The standard InChI is InChI=1S/C14H17FN5O5PS/c15-10-4-3-9(11(8-10)23-26(22,24-16)25-17)7-12-13(21)19-14(27-12)20-6-2-1-5-18-20/h3-4,7-8,18H,1-2,5-6,16-17H2/b12-7-. The third kappa shape index (κ3) is 4.74. The van der Waals surface area contributed by atoms with Crippen LogP contribution in [0.15, 0.2) is 28.1 Å². The van der Waals surface area contributed by atoms with Crippen molar-refractivity contribution < 1.29 is 27.5 Å². The van der Waals surface area contributed by atoms with E-state index in [1.165, 1.54) is 12.1 Å². The van der Waals surface area contributed by atoms with Crippen LogP contribution in [0.5, 0.6) is 5.75 Å². The van der Waals surface area contributed by atoms with Crippen molar-refractivity contribution in [2.24, 2.45) is 16.8 Å². The molecule has 1 amide bonds. The second kappa shape index (κ2) is 8.48. The van der Waals surface area contributed by atoms with Crippen LogP contribution in [0.3, 0.4) is 0 Å². The summed E-state index contributed by atoms with van der Waals surface area (Å²) in [5.41, 5.74) is 3.40. The molecule has 0 saturated carbocycles. The molecule has 3 rings (SSSR count). The zero-order chi connectivity index (χ0) is 19.4. The molecule has 10 nitrogen and oxygen atoms in total. The van der Waals surface area contributed by atoms with Crippen molar-refractivity contribution in [1.82, 2.24) is 10.4 Å². The molecule has 1 aromatic rings. The number of amides is 1. The quantitative estimate of drug-likeness (QED) is 0.368. The van der Waals surface area contributed by atoms with Crippen molar-refractivity contribution in [3.05, 3.63) is 34.5 Å². The lowest BCUT2D eigenvalue weighted by Crippen LogP contribution is -2.45. The number of benzene rings is 1. The van der Waals surface area contributed by atoms with Gasteiger partial charge in [-0.05, 0) is 42.8 Å². The van der Waals surface area contributed by atoms with Gasteiger partial charge in [0.1, 0.15) is 11.6 Å². The van der Waals surface area contributed by atoms with Crippen molar-refractivity contribution >= 4 is 36.7 Å². The van der Waals surface area contributed by atoms with Crippen LogP contribution in [-0.4, -0.2) is 29.2 Å². The number of hydrogen-bond acceptors (Lipinski definition) is 10. The minimum absolute atomic E-state index is 0.223. The van der Waals surface area contributed by atoms with Gasteiger partial charge in [-0.2, -0.15) is 14.2 Å². The Bertz CT molecular complexity index is 837. The smallest absolute Gasteiger partial charge is 0.401 e. The SMILES string of the molecule is NOP(=O)(ON)Oc1cc(F)ccc1/C=C1\SC(N2CCCCN2)=NC1=O. The van der Waals surface area contributed by atoms with E-state index in [1.807, 2.05) is 5.01 Å². The molecular weight excluding hydrogens is 400 g/mol. The number of hydrazine groups is 1. The maximum absolute atomic E-state index is 13.6. The van der Waals surface area contributed by atoms with Gasteiger partial charge in [0.25, 0.3) is 5.91 Å². The molecule has 27 heavy (non-hydrogen) atoms. The summed E-state index contributed by atoms with van der Waals surface area (Å²) >= 11 is 1.16. The van der Waals surface area contributed by atoms with E-state index in [0.717, 1.165) is 49.8 Å². The second-order valence-corrected chi connectivity index (χ2v) is 8.02. The molecule has 1 fully saturated rings. The third-order valence-corrected chi connectivity index (χ3v) is 5.63. The summed E-state index contributed by atoms with van der Waals surface area (Å²) in [5.74, 6) is 8.35. The van der Waals surface area contributed by atoms with E-state index in [9.17, 15) is 13.8 Å². The summed E-state index contributed by atoms with van der Waals surface area (Å²) in [6.45, 7) is 1.54. The topological polar surface area (TPSA) is 142 Å². The molecule has 0 unspecified atom stereocenters. The number of hydrogen-bond donors (Lipinski definition) is 3. The Morgan fingerprint density at radius 2 is 2.11 bits per heavy atom. The molecular formula is C14H17FN5O5PS. The summed E-state index contributed by atoms with van der Waals surface area (Å²) < 4.78 is 38.8. The van der Waals surface area contributed by atoms with E-state index >= 15 is 0 Å². The number of amidine groups is 1. The molecule has 2 aliphatic rings. The largest absolute Gasteiger partial charge is 0.563 e. The van der Waals surface area contributed by atoms with Gasteiger partial charge in [-0.15, -0.1) is 0 Å². The van der Waals surface area contributed by atoms with E-state index in [2.05, 4.69) is 19.7 Å². The van der Waals surface area contributed by atoms with Crippen molar-refractivity contribution in [3.63, 3.8) is 0 Å². The van der Waals surface area contributed by atoms with E-state index in [1.54, 1.807) is 0 Å². The molecule has 146 valence electrons. The predicted molar refractivity (Wildman–Crippen MR) is 97.1 cm³/mol. The van der Waals surface area contributed by atoms with Crippen LogP contribution in [0.25, 0.3) is 6.08 Å². The molecule has 0 aliphatic carbocycles. The average molecular weight is 417 g/mol. The summed E-state index contributed by atoms with van der Waals surface area (Å²) in [6, 6.07) is 3.42. The van der Waals surface area contributed by atoms with Gasteiger partial charge in [0.15, 0.2) is 5.17 Å². The lowest BCUT2D eigenvalue weighted by atomic mass is 10.2. The number of thioether (sulfide) groups is 1. The van der Waals surface area contributed by atoms with Crippen LogP contribution in [0, 0.1) is 5.82 Å². The highest BCUT2D eigenvalue weighted by Gasteiger charge is 2.30. The molecule has 5 N–H and O–H groups in total. The van der Waals surface area contributed by atoms with E-state index < -0.39 is 19.5 Å². The van der Waals surface area contributed by atoms with Crippen LogP contribution >= 0.6 is 19.6 Å². The average Bonchev–Trinajstić information content (AvgIpc) is 3.05. The number of nitrogens with one attached hydrogen (secondary N) is 1. The van der Waals surface area contributed by atoms with Gasteiger partial charge >= 0.3 is 7.82 Å². The van der Waals surface area contributed by atoms with Gasteiger partial charge in [0.05, 0.1) is 4.91 Å². The first-order valence-electron chi connectivity index (χ1n) is 7.84. The summed E-state index contributed by atoms with van der Waals surface area (Å²) in [4.78, 5) is 16.5. The van der Waals surface area contributed by atoms with Crippen LogP contribution < -0.4 is 21.7 Å². The first-order chi connectivity index (χ1) is 12.9. The fourth-order valence-electron chi connectivity index (χ4n) is 2.40. The Morgan fingerprint density at radius 3 is 2.78 bits per heavy atom. The lowest BCUT2D eigenvalue weighted by molar-refractivity contribution is -0.113. The first-order valence-corrected chi connectivity index (χ1v) is 10.1. The van der Waals surface area contributed by atoms with Gasteiger partial charge in [0.2, 0.25) is 0 Å². The normalized spacial score (nSPS) is 19.5. The molecule has 1 aromatic carbocycles. The molecule has 0 aromatic heterocycles. The van der Waals surface area contributed by atoms with Gasteiger partial charge < -0.3 is 4.52 Å². The summed E-state index contributed by atoms with van der Waals surface area (Å²) in [6.07, 6.45) is 3.47. The van der Waals surface area contributed by atoms with E-state index in [0.29, 0.717) is 5.17 Å². The Kier molecular flexibility index (Phi) is 6.27. The van der Waals surface area contributed by atoms with Crippen molar-refractivity contribution in [1.29, 1.82) is 0 Å². The molecule has 0 spiro atoms. The lowest BCUT2D eigenvalue weighted by Gasteiger charge is -2.28. The highest BCUT2D eigenvalue weighted by Crippen LogP contribution is 2.47. The summed E-state index contributed by atoms with van der Waals surface area (Å²) in [7, 11) is -4.32. The van der Waals surface area contributed by atoms with Crippen molar-refractivity contribution in [2.45, 2.75) is 12.8 Å². The molecule has 13 heteroatoms. The van der Waals surface area contributed by atoms with Gasteiger partial charge in [-0.1, -0.05) is 0 Å². The van der Waals surface area contributed by atoms with Gasteiger partial charge in [-0.25, -0.2) is 26.2 Å². The fraction of sp³-hybridized carbons (Fsp3) is 0.286. The molecule has 0 bridgehead atoms. The Balaban J connectivity index is 1.85. The summed E-state index contributed by atoms with van der Waals surface area (Å²) in [5, 5.41) is 2.34.